The molecule has 0 saturated carbocycles. The van der Waals surface area contributed by atoms with Gasteiger partial charge in [-0.3, -0.25) is 4.98 Å². The van der Waals surface area contributed by atoms with Crippen molar-refractivity contribution in [3.05, 3.63) is 60.2 Å². The van der Waals surface area contributed by atoms with Crippen molar-refractivity contribution in [1.29, 1.82) is 0 Å². The Kier molecular flexibility index (Phi) is 3.83. The third kappa shape index (κ3) is 2.41. The Morgan fingerprint density at radius 3 is 2.65 bits per heavy atom. The smallest absolute Gasteiger partial charge is 0.166 e. The molecule has 0 fully saturated rings. The van der Waals surface area contributed by atoms with E-state index >= 15 is 0 Å². The first-order valence-corrected chi connectivity index (χ1v) is 8.15. The Balaban J connectivity index is 2.07. The number of hydrogen-bond acceptors (Lipinski definition) is 2. The highest BCUT2D eigenvalue weighted by Gasteiger charge is 2.18. The van der Waals surface area contributed by atoms with Crippen molar-refractivity contribution in [2.45, 2.75) is 6.92 Å². The summed E-state index contributed by atoms with van der Waals surface area (Å²) in [7, 11) is 1.87. The summed E-state index contributed by atoms with van der Waals surface area (Å²) in [4.78, 5) is 4.44. The monoisotopic (exact) mass is 356 g/mol. The van der Waals surface area contributed by atoms with Gasteiger partial charge in [0, 0.05) is 42.0 Å². The van der Waals surface area contributed by atoms with Crippen LogP contribution in [0.5, 0.6) is 5.75 Å². The first-order valence-electron chi connectivity index (χ1n) is 8.15. The standard InChI is InChI=1S/C20H15F3N2O/c1-3-26-17-10-25(2)20-13-6-4-5-12(19(13)24-9-15(17)20)14-7-11(21)8-16(22)18(14)23/h4-10H,3H2,1-2H3. The van der Waals surface area contributed by atoms with Crippen molar-refractivity contribution in [3.63, 3.8) is 0 Å². The van der Waals surface area contributed by atoms with Crippen molar-refractivity contribution in [2.75, 3.05) is 6.61 Å². The van der Waals surface area contributed by atoms with Crippen LogP contribution in [-0.2, 0) is 7.05 Å². The minimum absolute atomic E-state index is 0.154. The number of rotatable bonds is 3. The predicted molar refractivity (Wildman–Crippen MR) is 94.7 cm³/mol. The fraction of sp³-hybridized carbons (Fsp3) is 0.150. The van der Waals surface area contributed by atoms with Crippen molar-refractivity contribution in [2.24, 2.45) is 7.05 Å². The molecule has 0 aliphatic carbocycles. The highest BCUT2D eigenvalue weighted by atomic mass is 19.2. The van der Waals surface area contributed by atoms with E-state index in [2.05, 4.69) is 4.98 Å². The molecule has 0 atom stereocenters. The molecule has 2 aromatic carbocycles. The first-order chi connectivity index (χ1) is 12.5. The number of ether oxygens (including phenoxy) is 1. The van der Waals surface area contributed by atoms with Gasteiger partial charge in [0.05, 0.1) is 23.0 Å². The van der Waals surface area contributed by atoms with Gasteiger partial charge in [-0.2, -0.15) is 0 Å². The lowest BCUT2D eigenvalue weighted by atomic mass is 10.00. The summed E-state index contributed by atoms with van der Waals surface area (Å²) in [6, 6.07) is 6.67. The molecule has 132 valence electrons. The molecule has 2 heterocycles. The average Bonchev–Trinajstić information content (AvgIpc) is 2.94. The molecule has 2 aromatic heterocycles. The molecule has 0 amide bonds. The van der Waals surface area contributed by atoms with Crippen LogP contribution < -0.4 is 4.74 Å². The summed E-state index contributed by atoms with van der Waals surface area (Å²) in [6.07, 6.45) is 3.49. The van der Waals surface area contributed by atoms with Gasteiger partial charge in [-0.15, -0.1) is 0 Å². The Bertz CT molecular complexity index is 1150. The summed E-state index contributed by atoms with van der Waals surface area (Å²) in [5.41, 5.74) is 1.50. The van der Waals surface area contributed by atoms with Crippen molar-refractivity contribution in [1.82, 2.24) is 9.55 Å². The highest BCUT2D eigenvalue weighted by Crippen LogP contribution is 2.37. The fourth-order valence-corrected chi connectivity index (χ4v) is 3.32. The lowest BCUT2D eigenvalue weighted by molar-refractivity contribution is 0.343. The molecule has 4 aromatic rings. The highest BCUT2D eigenvalue weighted by molar-refractivity contribution is 6.10. The van der Waals surface area contributed by atoms with Crippen LogP contribution >= 0.6 is 0 Å². The van der Waals surface area contributed by atoms with Crippen LogP contribution in [0.3, 0.4) is 0 Å². The molecule has 0 saturated heterocycles. The topological polar surface area (TPSA) is 27.1 Å². The Hall–Kier alpha value is -3.02. The number of aryl methyl sites for hydroxylation is 1. The van der Waals surface area contributed by atoms with Crippen LogP contribution in [0.1, 0.15) is 6.92 Å². The minimum Gasteiger partial charge on any atom is -0.492 e. The molecule has 0 aliphatic heterocycles. The van der Waals surface area contributed by atoms with E-state index in [0.29, 0.717) is 29.5 Å². The quantitative estimate of drug-likeness (QED) is 0.471. The Labute approximate surface area is 147 Å². The minimum atomic E-state index is -1.23. The second-order valence-electron chi connectivity index (χ2n) is 6.01. The van der Waals surface area contributed by atoms with Gasteiger partial charge in [0.25, 0.3) is 0 Å². The molecular formula is C20H15F3N2O. The molecule has 3 nitrogen and oxygen atoms in total. The third-order valence-corrected chi connectivity index (χ3v) is 4.38. The fourth-order valence-electron chi connectivity index (χ4n) is 3.32. The van der Waals surface area contributed by atoms with E-state index in [0.717, 1.165) is 22.4 Å². The van der Waals surface area contributed by atoms with E-state index in [1.165, 1.54) is 0 Å². The molecule has 0 bridgehead atoms. The molecule has 26 heavy (non-hydrogen) atoms. The average molecular weight is 356 g/mol. The lowest BCUT2D eigenvalue weighted by Gasteiger charge is -2.10. The summed E-state index contributed by atoms with van der Waals surface area (Å²) < 4.78 is 49.2. The number of fused-ring (bicyclic) bond motifs is 3. The first kappa shape index (κ1) is 16.4. The van der Waals surface area contributed by atoms with E-state index in [1.807, 2.05) is 30.8 Å². The zero-order chi connectivity index (χ0) is 18.4. The van der Waals surface area contributed by atoms with Crippen molar-refractivity contribution >= 4 is 21.8 Å². The SMILES string of the molecule is CCOc1cn(C)c2c1cnc1c(-c3cc(F)cc(F)c3F)cccc12. The number of aromatic nitrogens is 2. The van der Waals surface area contributed by atoms with Gasteiger partial charge in [0.1, 0.15) is 11.6 Å². The number of halogens is 3. The number of nitrogens with zero attached hydrogens (tertiary/aromatic N) is 2. The number of para-hydroxylation sites is 1. The maximum atomic E-state index is 14.3. The molecule has 0 N–H and O–H groups in total. The van der Waals surface area contributed by atoms with Crippen LogP contribution in [0.15, 0.2) is 42.7 Å². The zero-order valence-electron chi connectivity index (χ0n) is 14.2. The van der Waals surface area contributed by atoms with Crippen LogP contribution in [0.25, 0.3) is 32.9 Å². The van der Waals surface area contributed by atoms with Gasteiger partial charge in [0.15, 0.2) is 11.6 Å². The normalized spacial score (nSPS) is 11.4. The predicted octanol–water partition coefficient (Wildman–Crippen LogP) is 5.21. The molecule has 6 heteroatoms. The maximum Gasteiger partial charge on any atom is 0.166 e. The number of benzene rings is 2. The number of hydrogen-bond donors (Lipinski definition) is 0. The van der Waals surface area contributed by atoms with Gasteiger partial charge in [0.2, 0.25) is 0 Å². The van der Waals surface area contributed by atoms with E-state index in [4.69, 9.17) is 4.74 Å². The second kappa shape index (κ2) is 6.05. The van der Waals surface area contributed by atoms with Gasteiger partial charge in [-0.25, -0.2) is 13.2 Å². The van der Waals surface area contributed by atoms with E-state index in [9.17, 15) is 13.2 Å². The molecular weight excluding hydrogens is 341 g/mol. The Morgan fingerprint density at radius 2 is 1.88 bits per heavy atom. The van der Waals surface area contributed by atoms with E-state index in [1.54, 1.807) is 18.3 Å². The largest absolute Gasteiger partial charge is 0.492 e. The van der Waals surface area contributed by atoms with E-state index < -0.39 is 17.5 Å². The molecule has 0 aliphatic rings. The maximum absolute atomic E-state index is 14.3. The van der Waals surface area contributed by atoms with Crippen LogP contribution in [0.4, 0.5) is 13.2 Å². The van der Waals surface area contributed by atoms with Crippen molar-refractivity contribution in [3.8, 4) is 16.9 Å². The zero-order valence-corrected chi connectivity index (χ0v) is 14.2. The summed E-state index contributed by atoms with van der Waals surface area (Å²) in [6.45, 7) is 2.41. The molecule has 0 radical (unpaired) electrons. The summed E-state index contributed by atoms with van der Waals surface area (Å²) in [5, 5.41) is 1.57. The van der Waals surface area contributed by atoms with Gasteiger partial charge in [-0.1, -0.05) is 18.2 Å². The molecule has 0 unspecified atom stereocenters. The summed E-state index contributed by atoms with van der Waals surface area (Å²) >= 11 is 0. The Morgan fingerprint density at radius 1 is 1.08 bits per heavy atom. The molecule has 4 rings (SSSR count). The second-order valence-corrected chi connectivity index (χ2v) is 6.01. The van der Waals surface area contributed by atoms with Gasteiger partial charge in [-0.05, 0) is 13.0 Å². The van der Waals surface area contributed by atoms with Crippen LogP contribution in [0, 0.1) is 17.5 Å². The van der Waals surface area contributed by atoms with Crippen LogP contribution in [0.2, 0.25) is 0 Å². The van der Waals surface area contributed by atoms with Gasteiger partial charge >= 0.3 is 0 Å². The van der Waals surface area contributed by atoms with E-state index in [-0.39, 0.29) is 5.56 Å². The van der Waals surface area contributed by atoms with Crippen LogP contribution in [-0.4, -0.2) is 16.2 Å². The number of pyridine rings is 1. The summed E-state index contributed by atoms with van der Waals surface area (Å²) in [5.74, 6) is -2.46. The molecule has 0 spiro atoms. The third-order valence-electron chi connectivity index (χ3n) is 4.38. The van der Waals surface area contributed by atoms with Gasteiger partial charge < -0.3 is 9.30 Å². The lowest BCUT2D eigenvalue weighted by Crippen LogP contribution is -1.95. The van der Waals surface area contributed by atoms with Crippen molar-refractivity contribution < 1.29 is 17.9 Å².